The van der Waals surface area contributed by atoms with Crippen LogP contribution in [0.5, 0.6) is 5.75 Å². The number of methoxy groups -OCH3 is 1. The van der Waals surface area contributed by atoms with Gasteiger partial charge < -0.3 is 14.5 Å². The molecule has 0 N–H and O–H groups in total. The quantitative estimate of drug-likeness (QED) is 0.837. The largest absolute Gasteiger partial charge is 0.495 e. The molecule has 20 heavy (non-hydrogen) atoms. The molecule has 2 heterocycles. The molecule has 1 fully saturated rings. The van der Waals surface area contributed by atoms with Crippen molar-refractivity contribution in [3.05, 3.63) is 15.8 Å². The monoisotopic (exact) mass is 296 g/mol. The lowest BCUT2D eigenvalue weighted by atomic mass is 10.1. The smallest absolute Gasteiger partial charge is 0.267 e. The maximum atomic E-state index is 12.6. The standard InChI is InChI=1S/C15H24N2O2S/c1-5-16(3)9-12-6-7-17(10-12)15(18)14-13(19-4)8-11(2)20-14/h8,12H,5-7,9-10H2,1-4H3/t12-/m1/s1. The van der Waals surface area contributed by atoms with E-state index in [-0.39, 0.29) is 5.91 Å². The van der Waals surface area contributed by atoms with E-state index in [0.29, 0.717) is 11.7 Å². The van der Waals surface area contributed by atoms with Crippen molar-refractivity contribution in [3.8, 4) is 5.75 Å². The molecule has 0 spiro atoms. The number of likely N-dealkylation sites (tertiary alicyclic amines) is 1. The first-order valence-corrected chi connectivity index (χ1v) is 7.99. The first kappa shape index (κ1) is 15.3. The summed E-state index contributed by atoms with van der Waals surface area (Å²) in [6.07, 6.45) is 1.10. The van der Waals surface area contributed by atoms with Gasteiger partial charge in [-0.15, -0.1) is 11.3 Å². The zero-order chi connectivity index (χ0) is 14.7. The molecule has 1 amide bonds. The van der Waals surface area contributed by atoms with Crippen molar-refractivity contribution in [2.24, 2.45) is 5.92 Å². The lowest BCUT2D eigenvalue weighted by Gasteiger charge is -2.20. The van der Waals surface area contributed by atoms with Gasteiger partial charge in [0, 0.05) is 24.5 Å². The maximum Gasteiger partial charge on any atom is 0.267 e. The average molecular weight is 296 g/mol. The Bertz CT molecular complexity index is 472. The SMILES string of the molecule is CCN(C)C[C@H]1CCN(C(=O)c2sc(C)cc2OC)C1. The van der Waals surface area contributed by atoms with Crippen molar-refractivity contribution in [1.82, 2.24) is 9.80 Å². The van der Waals surface area contributed by atoms with Gasteiger partial charge in [-0.1, -0.05) is 6.92 Å². The van der Waals surface area contributed by atoms with Crippen molar-refractivity contribution >= 4 is 17.2 Å². The van der Waals surface area contributed by atoms with Crippen molar-refractivity contribution < 1.29 is 9.53 Å². The highest BCUT2D eigenvalue weighted by molar-refractivity contribution is 7.14. The lowest BCUT2D eigenvalue weighted by molar-refractivity contribution is 0.0786. The third kappa shape index (κ3) is 3.33. The van der Waals surface area contributed by atoms with Crippen molar-refractivity contribution in [3.63, 3.8) is 0 Å². The highest BCUT2D eigenvalue weighted by Crippen LogP contribution is 2.31. The van der Waals surface area contributed by atoms with Crippen LogP contribution in [0.15, 0.2) is 6.07 Å². The Morgan fingerprint density at radius 2 is 2.35 bits per heavy atom. The molecule has 0 aromatic carbocycles. The van der Waals surface area contributed by atoms with Crippen LogP contribution in [0, 0.1) is 12.8 Å². The fourth-order valence-electron chi connectivity index (χ4n) is 2.67. The van der Waals surface area contributed by atoms with E-state index in [4.69, 9.17) is 4.74 Å². The highest BCUT2D eigenvalue weighted by atomic mass is 32.1. The predicted molar refractivity (Wildman–Crippen MR) is 82.8 cm³/mol. The van der Waals surface area contributed by atoms with Gasteiger partial charge in [-0.05, 0) is 38.9 Å². The third-order valence-corrected chi connectivity index (χ3v) is 4.94. The number of ether oxygens (including phenoxy) is 1. The summed E-state index contributed by atoms with van der Waals surface area (Å²) < 4.78 is 5.31. The molecular weight excluding hydrogens is 272 g/mol. The molecule has 2 rings (SSSR count). The maximum absolute atomic E-state index is 12.6. The fourth-order valence-corrected chi connectivity index (χ4v) is 3.62. The molecule has 5 heteroatoms. The van der Waals surface area contributed by atoms with Crippen LogP contribution >= 0.6 is 11.3 Å². The molecule has 0 aliphatic carbocycles. The second-order valence-electron chi connectivity index (χ2n) is 5.52. The molecular formula is C15H24N2O2S. The van der Waals surface area contributed by atoms with Gasteiger partial charge in [0.25, 0.3) is 5.91 Å². The second kappa shape index (κ2) is 6.59. The number of hydrogen-bond acceptors (Lipinski definition) is 4. The fraction of sp³-hybridized carbons (Fsp3) is 0.667. The molecule has 0 saturated carbocycles. The van der Waals surface area contributed by atoms with Crippen molar-refractivity contribution in [2.75, 3.05) is 40.3 Å². The van der Waals surface area contributed by atoms with Crippen molar-refractivity contribution in [2.45, 2.75) is 20.3 Å². The van der Waals surface area contributed by atoms with E-state index in [1.807, 2.05) is 17.9 Å². The molecule has 1 saturated heterocycles. The summed E-state index contributed by atoms with van der Waals surface area (Å²) in [4.78, 5) is 18.7. The van der Waals surface area contributed by atoms with Crippen LogP contribution in [0.1, 0.15) is 27.9 Å². The van der Waals surface area contributed by atoms with E-state index in [1.54, 1.807) is 7.11 Å². The summed E-state index contributed by atoms with van der Waals surface area (Å²) in [5.74, 6) is 1.43. The predicted octanol–water partition coefficient (Wildman–Crippen LogP) is 2.48. The number of carbonyl (C=O) groups is 1. The molecule has 0 bridgehead atoms. The van der Waals surface area contributed by atoms with Gasteiger partial charge in [0.1, 0.15) is 10.6 Å². The molecule has 1 aliphatic heterocycles. The van der Waals surface area contributed by atoms with Crippen LogP contribution < -0.4 is 4.74 Å². The number of carbonyl (C=O) groups excluding carboxylic acids is 1. The summed E-state index contributed by atoms with van der Waals surface area (Å²) in [5.41, 5.74) is 0. The average Bonchev–Trinajstić information content (AvgIpc) is 3.04. The Balaban J connectivity index is 2.00. The Kier molecular flexibility index (Phi) is 5.05. The van der Waals surface area contributed by atoms with Gasteiger partial charge in [0.2, 0.25) is 0 Å². The second-order valence-corrected chi connectivity index (χ2v) is 6.77. The lowest BCUT2D eigenvalue weighted by Crippen LogP contribution is -2.31. The van der Waals surface area contributed by atoms with Crippen LogP contribution in [0.3, 0.4) is 0 Å². The van der Waals surface area contributed by atoms with E-state index >= 15 is 0 Å². The van der Waals surface area contributed by atoms with E-state index in [0.717, 1.165) is 42.4 Å². The summed E-state index contributed by atoms with van der Waals surface area (Å²) >= 11 is 1.53. The topological polar surface area (TPSA) is 32.8 Å². The van der Waals surface area contributed by atoms with Crippen LogP contribution in [0.25, 0.3) is 0 Å². The summed E-state index contributed by atoms with van der Waals surface area (Å²) in [6, 6.07) is 1.94. The first-order valence-electron chi connectivity index (χ1n) is 7.17. The van der Waals surface area contributed by atoms with Crippen LogP contribution in [0.4, 0.5) is 0 Å². The summed E-state index contributed by atoms with van der Waals surface area (Å²) in [6.45, 7) is 8.03. The van der Waals surface area contributed by atoms with E-state index < -0.39 is 0 Å². The zero-order valence-electron chi connectivity index (χ0n) is 12.8. The van der Waals surface area contributed by atoms with Crippen LogP contribution in [0.2, 0.25) is 0 Å². The molecule has 112 valence electrons. The van der Waals surface area contributed by atoms with E-state index in [1.165, 1.54) is 11.3 Å². The van der Waals surface area contributed by atoms with Gasteiger partial charge >= 0.3 is 0 Å². The molecule has 1 aromatic rings. The first-order chi connectivity index (χ1) is 9.55. The normalized spacial score (nSPS) is 18.9. The van der Waals surface area contributed by atoms with Gasteiger partial charge in [-0.3, -0.25) is 4.79 Å². The summed E-state index contributed by atoms with van der Waals surface area (Å²) in [7, 11) is 3.76. The Labute approximate surface area is 125 Å². The minimum atomic E-state index is 0.126. The molecule has 0 unspecified atom stereocenters. The number of nitrogens with zero attached hydrogens (tertiary/aromatic N) is 2. The molecule has 1 atom stereocenters. The Hall–Kier alpha value is -1.07. The van der Waals surface area contributed by atoms with E-state index in [9.17, 15) is 4.79 Å². The van der Waals surface area contributed by atoms with Gasteiger partial charge in [-0.2, -0.15) is 0 Å². The van der Waals surface area contributed by atoms with Crippen molar-refractivity contribution in [1.29, 1.82) is 0 Å². The molecule has 4 nitrogen and oxygen atoms in total. The van der Waals surface area contributed by atoms with Crippen LogP contribution in [-0.2, 0) is 0 Å². The number of amides is 1. The zero-order valence-corrected chi connectivity index (χ0v) is 13.6. The number of aryl methyl sites for hydroxylation is 1. The number of rotatable bonds is 5. The number of hydrogen-bond donors (Lipinski definition) is 0. The minimum absolute atomic E-state index is 0.126. The van der Waals surface area contributed by atoms with Gasteiger partial charge in [0.05, 0.1) is 7.11 Å². The highest BCUT2D eigenvalue weighted by Gasteiger charge is 2.29. The Morgan fingerprint density at radius 1 is 1.60 bits per heavy atom. The molecule has 0 radical (unpaired) electrons. The minimum Gasteiger partial charge on any atom is -0.495 e. The number of thiophene rings is 1. The molecule has 1 aliphatic rings. The Morgan fingerprint density at radius 3 is 3.00 bits per heavy atom. The van der Waals surface area contributed by atoms with Crippen LogP contribution in [-0.4, -0.2) is 56.0 Å². The van der Waals surface area contributed by atoms with Gasteiger partial charge in [0.15, 0.2) is 0 Å². The summed E-state index contributed by atoms with van der Waals surface area (Å²) in [5, 5.41) is 0. The third-order valence-electron chi connectivity index (χ3n) is 3.92. The molecule has 1 aromatic heterocycles. The van der Waals surface area contributed by atoms with E-state index in [2.05, 4.69) is 18.9 Å². The van der Waals surface area contributed by atoms with Gasteiger partial charge in [-0.25, -0.2) is 0 Å².